The molecule has 1 saturated heterocycles. The zero-order valence-corrected chi connectivity index (χ0v) is 24.1. The number of rotatable bonds is 6. The lowest BCUT2D eigenvalue weighted by molar-refractivity contribution is 0.0720. The average molecular weight is 645 g/mol. The smallest absolute Gasteiger partial charge is 0.256 e. The van der Waals surface area contributed by atoms with Crippen molar-refractivity contribution in [3.8, 4) is 0 Å². The summed E-state index contributed by atoms with van der Waals surface area (Å²) >= 11 is 10.4. The number of piperidine rings is 1. The van der Waals surface area contributed by atoms with E-state index >= 15 is 0 Å². The fourth-order valence-electron chi connectivity index (χ4n) is 4.15. The Bertz CT molecular complexity index is 1430. The first-order valence-electron chi connectivity index (χ1n) is 11.6. The van der Waals surface area contributed by atoms with Crippen LogP contribution >= 0.6 is 55.0 Å². The van der Waals surface area contributed by atoms with E-state index in [0.717, 1.165) is 61.6 Å². The third-order valence-electron chi connectivity index (χ3n) is 6.04. The summed E-state index contributed by atoms with van der Waals surface area (Å²) in [5, 5.41) is 2.98. The van der Waals surface area contributed by atoms with E-state index in [1.807, 2.05) is 41.3 Å². The van der Waals surface area contributed by atoms with E-state index in [0.29, 0.717) is 16.8 Å². The van der Waals surface area contributed by atoms with Crippen molar-refractivity contribution in [2.75, 3.05) is 18.4 Å². The molecule has 5 nitrogen and oxygen atoms in total. The summed E-state index contributed by atoms with van der Waals surface area (Å²) < 4.78 is 4.08. The van der Waals surface area contributed by atoms with Crippen LogP contribution in [0.4, 0.5) is 5.69 Å². The maximum absolute atomic E-state index is 13.2. The molecular weight excluding hydrogens is 622 g/mol. The van der Waals surface area contributed by atoms with Crippen LogP contribution in [-0.4, -0.2) is 34.8 Å². The molecule has 184 valence electrons. The number of aromatic nitrogens is 1. The highest BCUT2D eigenvalue weighted by Gasteiger charge is 2.23. The van der Waals surface area contributed by atoms with Crippen LogP contribution in [-0.2, 0) is 5.75 Å². The van der Waals surface area contributed by atoms with Crippen molar-refractivity contribution in [2.24, 2.45) is 0 Å². The first kappa shape index (κ1) is 25.4. The monoisotopic (exact) mass is 643 g/mol. The number of benzene rings is 3. The lowest BCUT2D eigenvalue weighted by Gasteiger charge is -2.27. The van der Waals surface area contributed by atoms with Crippen molar-refractivity contribution in [1.29, 1.82) is 0 Å². The average Bonchev–Trinajstić information content (AvgIpc) is 3.30. The number of halogens is 2. The molecule has 5 rings (SSSR count). The molecule has 0 atom stereocenters. The summed E-state index contributed by atoms with van der Waals surface area (Å²) in [6, 6.07) is 19.0. The second-order valence-electron chi connectivity index (χ2n) is 8.54. The molecule has 0 aliphatic carbocycles. The van der Waals surface area contributed by atoms with Crippen LogP contribution in [0.3, 0.4) is 0 Å². The molecule has 9 heteroatoms. The van der Waals surface area contributed by atoms with E-state index in [2.05, 4.69) is 43.2 Å². The Hall–Kier alpha value is -2.20. The third-order valence-corrected chi connectivity index (χ3v) is 9.48. The van der Waals surface area contributed by atoms with Gasteiger partial charge >= 0.3 is 0 Å². The van der Waals surface area contributed by atoms with Gasteiger partial charge in [-0.1, -0.05) is 61.8 Å². The molecule has 0 radical (unpaired) electrons. The van der Waals surface area contributed by atoms with Gasteiger partial charge in [0.05, 0.1) is 21.3 Å². The normalized spacial score (nSPS) is 13.7. The van der Waals surface area contributed by atoms with Crippen LogP contribution in [0, 0.1) is 0 Å². The van der Waals surface area contributed by atoms with E-state index in [1.165, 1.54) is 5.56 Å². The summed E-state index contributed by atoms with van der Waals surface area (Å²) in [6.07, 6.45) is 3.17. The fraction of sp³-hybridized carbons (Fsp3) is 0.222. The molecule has 0 unspecified atom stereocenters. The molecule has 0 spiro atoms. The molecule has 1 N–H and O–H groups in total. The molecule has 1 aromatic heterocycles. The number of hydrogen-bond acceptors (Lipinski definition) is 5. The fourth-order valence-corrected chi connectivity index (χ4v) is 7.64. The highest BCUT2D eigenvalue weighted by molar-refractivity contribution is 9.11. The Morgan fingerprint density at radius 1 is 0.972 bits per heavy atom. The molecule has 3 aromatic carbocycles. The van der Waals surface area contributed by atoms with E-state index in [9.17, 15) is 9.59 Å². The highest BCUT2D eigenvalue weighted by Crippen LogP contribution is 2.35. The maximum Gasteiger partial charge on any atom is 0.256 e. The molecule has 0 bridgehead atoms. The summed E-state index contributed by atoms with van der Waals surface area (Å²) in [7, 11) is 0. The van der Waals surface area contributed by atoms with E-state index in [1.54, 1.807) is 41.3 Å². The van der Waals surface area contributed by atoms with Gasteiger partial charge in [-0.05, 0) is 67.3 Å². The molecule has 2 heterocycles. The van der Waals surface area contributed by atoms with Crippen molar-refractivity contribution < 1.29 is 9.59 Å². The van der Waals surface area contributed by atoms with Gasteiger partial charge in [0.25, 0.3) is 11.8 Å². The van der Waals surface area contributed by atoms with E-state index in [4.69, 9.17) is 4.98 Å². The SMILES string of the molecule is O=C(Nc1ccc2nc(SCc3ccc(Br)cc3Br)sc2c1)c1ccccc1C(=O)N1CCCCC1. The van der Waals surface area contributed by atoms with Gasteiger partial charge in [0.1, 0.15) is 0 Å². The molecule has 2 amide bonds. The van der Waals surface area contributed by atoms with Gasteiger partial charge in [0.2, 0.25) is 0 Å². The lowest BCUT2D eigenvalue weighted by atomic mass is 10.0. The summed E-state index contributed by atoms with van der Waals surface area (Å²) in [5.74, 6) is 0.450. The second-order valence-corrected chi connectivity index (χ2v) is 12.6. The van der Waals surface area contributed by atoms with Gasteiger partial charge in [0, 0.05) is 33.5 Å². The first-order valence-corrected chi connectivity index (χ1v) is 15.0. The van der Waals surface area contributed by atoms with Gasteiger partial charge in [-0.3, -0.25) is 9.59 Å². The van der Waals surface area contributed by atoms with Gasteiger partial charge < -0.3 is 10.2 Å². The van der Waals surface area contributed by atoms with Crippen LogP contribution in [0.1, 0.15) is 45.5 Å². The largest absolute Gasteiger partial charge is 0.339 e. The third kappa shape index (κ3) is 5.85. The standard InChI is InChI=1S/C27H23Br2N3O2S2/c28-18-9-8-17(22(29)14-18)16-35-27-31-23-11-10-19(15-24(23)36-27)30-25(33)20-6-2-3-7-21(20)26(34)32-12-4-1-5-13-32/h2-3,6-11,14-15H,1,4-5,12-13,16H2,(H,30,33). The Morgan fingerprint density at radius 3 is 2.53 bits per heavy atom. The van der Waals surface area contributed by atoms with Crippen molar-refractivity contribution in [1.82, 2.24) is 9.88 Å². The molecular formula is C27H23Br2N3O2S2. The molecule has 1 fully saturated rings. The van der Waals surface area contributed by atoms with Crippen LogP contribution in [0.25, 0.3) is 10.2 Å². The molecule has 4 aromatic rings. The highest BCUT2D eigenvalue weighted by atomic mass is 79.9. The summed E-state index contributed by atoms with van der Waals surface area (Å²) in [5.41, 5.74) is 3.63. The predicted octanol–water partition coefficient (Wildman–Crippen LogP) is 7.99. The Morgan fingerprint density at radius 2 is 1.75 bits per heavy atom. The number of carbonyl (C=O) groups is 2. The number of hydrogen-bond donors (Lipinski definition) is 1. The molecule has 1 aliphatic heterocycles. The van der Waals surface area contributed by atoms with Crippen molar-refractivity contribution in [3.63, 3.8) is 0 Å². The van der Waals surface area contributed by atoms with Gasteiger partial charge in [-0.25, -0.2) is 4.98 Å². The van der Waals surface area contributed by atoms with Crippen LogP contribution in [0.2, 0.25) is 0 Å². The molecule has 36 heavy (non-hydrogen) atoms. The maximum atomic E-state index is 13.2. The van der Waals surface area contributed by atoms with Crippen molar-refractivity contribution in [2.45, 2.75) is 29.4 Å². The number of amides is 2. The number of thiazole rings is 1. The van der Waals surface area contributed by atoms with Crippen molar-refractivity contribution >= 4 is 82.7 Å². The topological polar surface area (TPSA) is 62.3 Å². The van der Waals surface area contributed by atoms with Crippen LogP contribution in [0.5, 0.6) is 0 Å². The summed E-state index contributed by atoms with van der Waals surface area (Å²) in [4.78, 5) is 32.8. The minimum Gasteiger partial charge on any atom is -0.339 e. The zero-order chi connectivity index (χ0) is 25.1. The summed E-state index contributed by atoms with van der Waals surface area (Å²) in [6.45, 7) is 1.49. The second kappa shape index (κ2) is 11.5. The number of carbonyl (C=O) groups excluding carboxylic acids is 2. The number of anilines is 1. The predicted molar refractivity (Wildman–Crippen MR) is 155 cm³/mol. The minimum absolute atomic E-state index is 0.0718. The van der Waals surface area contributed by atoms with Gasteiger partial charge in [-0.15, -0.1) is 11.3 Å². The lowest BCUT2D eigenvalue weighted by Crippen LogP contribution is -2.36. The van der Waals surface area contributed by atoms with E-state index in [-0.39, 0.29) is 11.8 Å². The number of nitrogens with one attached hydrogen (secondary N) is 1. The number of thioether (sulfide) groups is 1. The van der Waals surface area contributed by atoms with Gasteiger partial charge in [-0.2, -0.15) is 0 Å². The first-order chi connectivity index (χ1) is 17.5. The molecule has 1 aliphatic rings. The molecule has 0 saturated carbocycles. The number of fused-ring (bicyclic) bond motifs is 1. The zero-order valence-electron chi connectivity index (χ0n) is 19.3. The van der Waals surface area contributed by atoms with Crippen LogP contribution in [0.15, 0.2) is 73.9 Å². The Balaban J connectivity index is 1.30. The minimum atomic E-state index is -0.283. The number of nitrogens with zero attached hydrogens (tertiary/aromatic N) is 2. The number of likely N-dealkylation sites (tertiary alicyclic amines) is 1. The van der Waals surface area contributed by atoms with Gasteiger partial charge in [0.15, 0.2) is 4.34 Å². The van der Waals surface area contributed by atoms with Crippen molar-refractivity contribution in [3.05, 3.63) is 86.3 Å². The van der Waals surface area contributed by atoms with E-state index < -0.39 is 0 Å². The Kier molecular flexibility index (Phi) is 8.10. The quantitative estimate of drug-likeness (QED) is 0.216. The van der Waals surface area contributed by atoms with Crippen LogP contribution < -0.4 is 5.32 Å². The Labute approximate surface area is 234 Å².